The number of rotatable bonds is 1. The van der Waals surface area contributed by atoms with Gasteiger partial charge in [-0.2, -0.15) is 0 Å². The van der Waals surface area contributed by atoms with Crippen LogP contribution in [0.15, 0.2) is 18.2 Å². The minimum absolute atomic E-state index is 0.576. The molecule has 0 unspecified atom stereocenters. The van der Waals surface area contributed by atoms with Crippen LogP contribution in [0.4, 0.5) is 4.39 Å². The van der Waals surface area contributed by atoms with Crippen molar-refractivity contribution in [1.82, 2.24) is 5.32 Å². The lowest BCUT2D eigenvalue weighted by molar-refractivity contribution is 0.115. The van der Waals surface area contributed by atoms with E-state index in [1.807, 2.05) is 18.2 Å². The summed E-state index contributed by atoms with van der Waals surface area (Å²) in [4.78, 5) is 0. The van der Waals surface area contributed by atoms with Crippen molar-refractivity contribution in [3.05, 3.63) is 29.3 Å². The number of hydrogen-bond acceptors (Lipinski definition) is 2. The van der Waals surface area contributed by atoms with E-state index in [0.717, 1.165) is 43.0 Å². The number of benzene rings is 1. The zero-order valence-electron chi connectivity index (χ0n) is 9.26. The second-order valence-electron chi connectivity index (χ2n) is 4.64. The second kappa shape index (κ2) is 3.74. The smallest absolute Gasteiger partial charge is 0.138 e. The van der Waals surface area contributed by atoms with Crippen LogP contribution < -0.4 is 10.1 Å². The fraction of sp³-hybridized carbons (Fsp3) is 0.538. The summed E-state index contributed by atoms with van der Waals surface area (Å²) in [5, 5.41) is 3.20. The van der Waals surface area contributed by atoms with Gasteiger partial charge in [-0.1, -0.05) is 6.07 Å². The predicted octanol–water partition coefficient (Wildman–Crippen LogP) is 2.17. The molecule has 16 heavy (non-hydrogen) atoms. The lowest BCUT2D eigenvalue weighted by atomic mass is 9.86. The van der Waals surface area contributed by atoms with E-state index in [1.54, 1.807) is 0 Å². The van der Waals surface area contributed by atoms with E-state index in [0.29, 0.717) is 12.8 Å². The van der Waals surface area contributed by atoms with Crippen molar-refractivity contribution in [2.24, 2.45) is 0 Å². The maximum absolute atomic E-state index is 14.7. The van der Waals surface area contributed by atoms with Crippen LogP contribution in [0.25, 0.3) is 0 Å². The molecule has 0 amide bonds. The lowest BCUT2D eigenvalue weighted by Crippen LogP contribution is -2.36. The first-order valence-electron chi connectivity index (χ1n) is 5.94. The Kier molecular flexibility index (Phi) is 2.36. The molecule has 1 aromatic rings. The molecule has 0 atom stereocenters. The largest absolute Gasteiger partial charge is 0.493 e. The van der Waals surface area contributed by atoms with Gasteiger partial charge < -0.3 is 10.1 Å². The molecule has 0 aliphatic carbocycles. The molecular weight excluding hydrogens is 205 g/mol. The van der Waals surface area contributed by atoms with Crippen LogP contribution in [-0.4, -0.2) is 19.7 Å². The summed E-state index contributed by atoms with van der Waals surface area (Å²) in [6, 6.07) is 5.80. The highest BCUT2D eigenvalue weighted by atomic mass is 19.1. The minimum atomic E-state index is -1.14. The molecular formula is C13H16FNO. The lowest BCUT2D eigenvalue weighted by Gasteiger charge is -2.30. The van der Waals surface area contributed by atoms with Gasteiger partial charge in [0.2, 0.25) is 0 Å². The van der Waals surface area contributed by atoms with Crippen LogP contribution in [-0.2, 0) is 12.1 Å². The van der Waals surface area contributed by atoms with Crippen molar-refractivity contribution in [1.29, 1.82) is 0 Å². The molecule has 2 heterocycles. The molecule has 0 aromatic heterocycles. The quantitative estimate of drug-likeness (QED) is 0.784. The molecule has 1 aromatic carbocycles. The van der Waals surface area contributed by atoms with Crippen LogP contribution in [0.5, 0.6) is 5.75 Å². The Morgan fingerprint density at radius 3 is 2.88 bits per heavy atom. The van der Waals surface area contributed by atoms with Crippen LogP contribution in [0, 0.1) is 0 Å². The molecule has 2 aliphatic rings. The molecule has 2 nitrogen and oxygen atoms in total. The van der Waals surface area contributed by atoms with E-state index in [4.69, 9.17) is 4.74 Å². The Morgan fingerprint density at radius 1 is 1.25 bits per heavy atom. The Labute approximate surface area is 94.8 Å². The minimum Gasteiger partial charge on any atom is -0.493 e. The average molecular weight is 221 g/mol. The van der Waals surface area contributed by atoms with Gasteiger partial charge in [-0.05, 0) is 49.2 Å². The number of piperidine rings is 1. The summed E-state index contributed by atoms with van der Waals surface area (Å²) >= 11 is 0. The van der Waals surface area contributed by atoms with Gasteiger partial charge in [0, 0.05) is 6.42 Å². The van der Waals surface area contributed by atoms with E-state index >= 15 is 0 Å². The van der Waals surface area contributed by atoms with E-state index in [2.05, 4.69) is 5.32 Å². The molecule has 1 saturated heterocycles. The summed E-state index contributed by atoms with van der Waals surface area (Å²) in [5.74, 6) is 0.932. The molecule has 1 N–H and O–H groups in total. The topological polar surface area (TPSA) is 21.3 Å². The SMILES string of the molecule is FC1(c2ccc3c(c2)CCO3)CCNCC1. The molecule has 2 aliphatic heterocycles. The molecule has 0 bridgehead atoms. The zero-order chi connectivity index (χ0) is 11.0. The second-order valence-corrected chi connectivity index (χ2v) is 4.64. The third kappa shape index (κ3) is 1.59. The van der Waals surface area contributed by atoms with Gasteiger partial charge in [0.25, 0.3) is 0 Å². The van der Waals surface area contributed by atoms with Crippen molar-refractivity contribution in [3.63, 3.8) is 0 Å². The Balaban J connectivity index is 1.93. The Hall–Kier alpha value is -1.09. The fourth-order valence-corrected chi connectivity index (χ4v) is 2.58. The van der Waals surface area contributed by atoms with Gasteiger partial charge in [-0.25, -0.2) is 4.39 Å². The number of hydrogen-bond donors (Lipinski definition) is 1. The first kappa shape index (κ1) is 10.1. The van der Waals surface area contributed by atoms with Crippen LogP contribution >= 0.6 is 0 Å². The van der Waals surface area contributed by atoms with Gasteiger partial charge >= 0.3 is 0 Å². The third-order valence-electron chi connectivity index (χ3n) is 3.60. The molecule has 3 rings (SSSR count). The normalized spacial score (nSPS) is 22.6. The number of ether oxygens (including phenoxy) is 1. The van der Waals surface area contributed by atoms with E-state index in [-0.39, 0.29) is 0 Å². The van der Waals surface area contributed by atoms with E-state index in [1.165, 1.54) is 0 Å². The molecule has 1 fully saturated rings. The van der Waals surface area contributed by atoms with Crippen molar-refractivity contribution >= 4 is 0 Å². The fourth-order valence-electron chi connectivity index (χ4n) is 2.58. The standard InChI is InChI=1S/C13H16FNO/c14-13(4-6-15-7-5-13)11-1-2-12-10(9-11)3-8-16-12/h1-2,9,15H,3-8H2. The van der Waals surface area contributed by atoms with Crippen molar-refractivity contribution in [2.75, 3.05) is 19.7 Å². The van der Waals surface area contributed by atoms with Crippen LogP contribution in [0.1, 0.15) is 24.0 Å². The molecule has 0 saturated carbocycles. The van der Waals surface area contributed by atoms with E-state index in [9.17, 15) is 4.39 Å². The van der Waals surface area contributed by atoms with Crippen LogP contribution in [0.3, 0.4) is 0 Å². The monoisotopic (exact) mass is 221 g/mol. The van der Waals surface area contributed by atoms with E-state index < -0.39 is 5.67 Å². The summed E-state index contributed by atoms with van der Waals surface area (Å²) in [6.07, 6.45) is 2.07. The first-order valence-corrected chi connectivity index (χ1v) is 5.94. The summed E-state index contributed by atoms with van der Waals surface area (Å²) in [5.41, 5.74) is 0.856. The zero-order valence-corrected chi connectivity index (χ0v) is 9.26. The number of fused-ring (bicyclic) bond motifs is 1. The Morgan fingerprint density at radius 2 is 2.06 bits per heavy atom. The van der Waals surface area contributed by atoms with Crippen molar-refractivity contribution < 1.29 is 9.13 Å². The van der Waals surface area contributed by atoms with Gasteiger partial charge in [-0.15, -0.1) is 0 Å². The van der Waals surface area contributed by atoms with Gasteiger partial charge in [0.05, 0.1) is 6.61 Å². The summed E-state index contributed by atoms with van der Waals surface area (Å²) in [7, 11) is 0. The number of halogens is 1. The maximum atomic E-state index is 14.7. The molecule has 86 valence electrons. The highest BCUT2D eigenvalue weighted by Gasteiger charge is 2.34. The maximum Gasteiger partial charge on any atom is 0.138 e. The summed E-state index contributed by atoms with van der Waals surface area (Å²) in [6.45, 7) is 2.27. The first-order chi connectivity index (χ1) is 7.78. The third-order valence-corrected chi connectivity index (χ3v) is 3.60. The highest BCUT2D eigenvalue weighted by molar-refractivity contribution is 5.41. The average Bonchev–Trinajstić information content (AvgIpc) is 2.77. The molecule has 0 spiro atoms. The number of nitrogens with one attached hydrogen (secondary N) is 1. The summed E-state index contributed by atoms with van der Waals surface area (Å²) < 4.78 is 20.1. The van der Waals surface area contributed by atoms with Crippen molar-refractivity contribution in [3.8, 4) is 5.75 Å². The van der Waals surface area contributed by atoms with Crippen LogP contribution in [0.2, 0.25) is 0 Å². The molecule has 0 radical (unpaired) electrons. The highest BCUT2D eigenvalue weighted by Crippen LogP contribution is 2.38. The van der Waals surface area contributed by atoms with Gasteiger partial charge in [-0.3, -0.25) is 0 Å². The predicted molar refractivity (Wildman–Crippen MR) is 60.5 cm³/mol. The van der Waals surface area contributed by atoms with Gasteiger partial charge in [0.15, 0.2) is 0 Å². The number of alkyl halides is 1. The van der Waals surface area contributed by atoms with Crippen molar-refractivity contribution in [2.45, 2.75) is 24.9 Å². The Bertz CT molecular complexity index is 399. The molecule has 3 heteroatoms. The van der Waals surface area contributed by atoms with Gasteiger partial charge in [0.1, 0.15) is 11.4 Å².